The Labute approximate surface area is 161 Å². The van der Waals surface area contributed by atoms with Crippen molar-refractivity contribution in [2.45, 2.75) is 26.9 Å². The summed E-state index contributed by atoms with van der Waals surface area (Å²) in [5.41, 5.74) is 2.73. The van der Waals surface area contributed by atoms with E-state index in [0.717, 1.165) is 5.69 Å². The smallest absolute Gasteiger partial charge is 0.331 e. The summed E-state index contributed by atoms with van der Waals surface area (Å²) >= 11 is 11.9. The average Bonchev–Trinajstić information content (AvgIpc) is 2.80. The number of rotatable bonds is 5. The van der Waals surface area contributed by atoms with Crippen LogP contribution in [0.3, 0.4) is 0 Å². The molecule has 8 heteroatoms. The monoisotopic (exact) mass is 395 g/mol. The summed E-state index contributed by atoms with van der Waals surface area (Å²) in [5, 5.41) is 7.87. The normalized spacial score (nSPS) is 12.2. The van der Waals surface area contributed by atoms with Crippen LogP contribution in [0, 0.1) is 13.8 Å². The topological polar surface area (TPSA) is 73.2 Å². The van der Waals surface area contributed by atoms with Gasteiger partial charge < -0.3 is 10.1 Å². The highest BCUT2D eigenvalue weighted by molar-refractivity contribution is 6.35. The van der Waals surface area contributed by atoms with Gasteiger partial charge in [0.2, 0.25) is 0 Å². The predicted molar refractivity (Wildman–Crippen MR) is 102 cm³/mol. The van der Waals surface area contributed by atoms with E-state index in [1.807, 2.05) is 6.92 Å². The van der Waals surface area contributed by atoms with E-state index in [2.05, 4.69) is 10.4 Å². The van der Waals surface area contributed by atoms with Crippen LogP contribution >= 0.6 is 23.2 Å². The third-order valence-electron chi connectivity index (χ3n) is 3.78. The average molecular weight is 396 g/mol. The van der Waals surface area contributed by atoms with Gasteiger partial charge in [-0.2, -0.15) is 5.10 Å². The molecule has 0 bridgehead atoms. The van der Waals surface area contributed by atoms with Crippen LogP contribution in [0.5, 0.6) is 0 Å². The molecule has 0 aliphatic carbocycles. The summed E-state index contributed by atoms with van der Waals surface area (Å²) in [6.45, 7) is 5.13. The minimum absolute atomic E-state index is 0.412. The van der Waals surface area contributed by atoms with Gasteiger partial charge in [0.05, 0.1) is 17.1 Å². The molecule has 138 valence electrons. The number of esters is 1. The lowest BCUT2D eigenvalue weighted by atomic mass is 10.2. The van der Waals surface area contributed by atoms with Crippen molar-refractivity contribution in [3.63, 3.8) is 0 Å². The Kier molecular flexibility index (Phi) is 6.45. The van der Waals surface area contributed by atoms with E-state index in [9.17, 15) is 9.59 Å². The third-order valence-corrected chi connectivity index (χ3v) is 4.34. The van der Waals surface area contributed by atoms with Gasteiger partial charge in [-0.05, 0) is 44.5 Å². The van der Waals surface area contributed by atoms with Crippen molar-refractivity contribution >= 4 is 46.8 Å². The quantitative estimate of drug-likeness (QED) is 0.614. The van der Waals surface area contributed by atoms with Gasteiger partial charge in [0.25, 0.3) is 5.91 Å². The number of hydrogen-bond acceptors (Lipinski definition) is 4. The van der Waals surface area contributed by atoms with Gasteiger partial charge in [-0.3, -0.25) is 9.48 Å². The summed E-state index contributed by atoms with van der Waals surface area (Å²) in [6, 6.07) is 4.91. The number of nitrogens with zero attached hydrogens (tertiary/aromatic N) is 2. The first-order valence-corrected chi connectivity index (χ1v) is 8.59. The van der Waals surface area contributed by atoms with Crippen molar-refractivity contribution in [3.8, 4) is 0 Å². The molecule has 0 aliphatic heterocycles. The number of nitrogens with one attached hydrogen (secondary N) is 1. The zero-order valence-electron chi connectivity index (χ0n) is 14.8. The van der Waals surface area contributed by atoms with E-state index < -0.39 is 18.0 Å². The molecule has 1 amide bonds. The molecule has 6 nitrogen and oxygen atoms in total. The molecule has 0 aliphatic rings. The molecular weight excluding hydrogens is 377 g/mol. The second-order valence-corrected chi connectivity index (χ2v) is 6.58. The summed E-state index contributed by atoms with van der Waals surface area (Å²) in [6.07, 6.45) is 1.74. The maximum absolute atomic E-state index is 12.2. The Morgan fingerprint density at radius 3 is 2.58 bits per heavy atom. The Morgan fingerprint density at radius 1 is 1.31 bits per heavy atom. The number of carbonyl (C=O) groups excluding carboxylic acids is 2. The Bertz CT molecular complexity index is 875. The lowest BCUT2D eigenvalue weighted by Crippen LogP contribution is -2.29. The lowest BCUT2D eigenvalue weighted by molar-refractivity contribution is -0.148. The first kappa shape index (κ1) is 20.0. The molecular formula is C18H19Cl2N3O3. The molecule has 0 radical (unpaired) electrons. The highest BCUT2D eigenvalue weighted by Crippen LogP contribution is 2.22. The Morgan fingerprint density at radius 2 is 2.00 bits per heavy atom. The first-order valence-electron chi connectivity index (χ1n) is 7.84. The van der Waals surface area contributed by atoms with Crippen molar-refractivity contribution < 1.29 is 14.3 Å². The molecule has 1 heterocycles. The number of aromatic nitrogens is 2. The first-order chi connectivity index (χ1) is 12.2. The molecule has 1 N–H and O–H groups in total. The molecule has 2 aromatic rings. The fourth-order valence-corrected chi connectivity index (χ4v) is 2.71. The van der Waals surface area contributed by atoms with Crippen LogP contribution < -0.4 is 5.32 Å². The van der Waals surface area contributed by atoms with Crippen LogP contribution in [0.4, 0.5) is 5.69 Å². The Balaban J connectivity index is 1.97. The van der Waals surface area contributed by atoms with E-state index in [-0.39, 0.29) is 0 Å². The molecule has 0 fully saturated rings. The van der Waals surface area contributed by atoms with Crippen LogP contribution in [-0.2, 0) is 21.4 Å². The maximum atomic E-state index is 12.2. The van der Waals surface area contributed by atoms with Gasteiger partial charge >= 0.3 is 5.97 Å². The van der Waals surface area contributed by atoms with Gasteiger partial charge in [-0.15, -0.1) is 0 Å². The van der Waals surface area contributed by atoms with Crippen LogP contribution in [0.1, 0.15) is 23.9 Å². The van der Waals surface area contributed by atoms with Gasteiger partial charge in [0.1, 0.15) is 0 Å². The summed E-state index contributed by atoms with van der Waals surface area (Å²) < 4.78 is 6.79. The van der Waals surface area contributed by atoms with Gasteiger partial charge in [-0.25, -0.2) is 4.79 Å². The maximum Gasteiger partial charge on any atom is 0.331 e. The van der Waals surface area contributed by atoms with Crippen LogP contribution in [0.2, 0.25) is 10.0 Å². The van der Waals surface area contributed by atoms with Gasteiger partial charge in [-0.1, -0.05) is 29.3 Å². The van der Waals surface area contributed by atoms with Gasteiger partial charge in [0, 0.05) is 23.2 Å². The minimum atomic E-state index is -0.966. The number of carbonyl (C=O) groups is 2. The number of hydrogen-bond donors (Lipinski definition) is 1. The molecule has 1 atom stereocenters. The second-order valence-electron chi connectivity index (χ2n) is 5.74. The van der Waals surface area contributed by atoms with E-state index >= 15 is 0 Å². The lowest BCUT2D eigenvalue weighted by Gasteiger charge is -2.12. The zero-order chi connectivity index (χ0) is 19.4. The molecule has 1 aromatic heterocycles. The van der Waals surface area contributed by atoms with Crippen LogP contribution in [-0.4, -0.2) is 27.8 Å². The van der Waals surface area contributed by atoms with Crippen molar-refractivity contribution in [2.75, 3.05) is 5.32 Å². The number of halogens is 2. The molecule has 0 saturated carbocycles. The molecule has 2 rings (SSSR count). The number of anilines is 1. The number of aryl methyl sites for hydroxylation is 2. The molecule has 0 saturated heterocycles. The predicted octanol–water partition coefficient (Wildman–Crippen LogP) is 3.93. The number of amides is 1. The van der Waals surface area contributed by atoms with Crippen LogP contribution in [0.25, 0.3) is 6.08 Å². The largest absolute Gasteiger partial charge is 0.449 e. The second kappa shape index (κ2) is 8.38. The minimum Gasteiger partial charge on any atom is -0.449 e. The van der Waals surface area contributed by atoms with E-state index in [1.165, 1.54) is 19.1 Å². The zero-order valence-corrected chi connectivity index (χ0v) is 16.4. The SMILES string of the molecule is Cc1nn(C)c(C)c1NC(=O)[C@H](C)OC(=O)/C=C/c1ccc(Cl)cc1Cl. The Hall–Kier alpha value is -2.31. The molecule has 1 aromatic carbocycles. The van der Waals surface area contributed by atoms with E-state index in [1.54, 1.807) is 36.9 Å². The van der Waals surface area contributed by atoms with Crippen molar-refractivity contribution in [1.29, 1.82) is 0 Å². The van der Waals surface area contributed by atoms with E-state index in [4.69, 9.17) is 27.9 Å². The van der Waals surface area contributed by atoms with Crippen molar-refractivity contribution in [3.05, 3.63) is 51.3 Å². The van der Waals surface area contributed by atoms with Crippen LogP contribution in [0.15, 0.2) is 24.3 Å². The summed E-state index contributed by atoms with van der Waals surface area (Å²) in [7, 11) is 1.79. The number of ether oxygens (including phenoxy) is 1. The molecule has 26 heavy (non-hydrogen) atoms. The number of benzene rings is 1. The highest BCUT2D eigenvalue weighted by Gasteiger charge is 2.20. The van der Waals surface area contributed by atoms with E-state index in [0.29, 0.717) is 27.0 Å². The van der Waals surface area contributed by atoms with Crippen molar-refractivity contribution in [1.82, 2.24) is 9.78 Å². The summed E-state index contributed by atoms with van der Waals surface area (Å²) in [4.78, 5) is 24.2. The molecule has 0 spiro atoms. The molecule has 0 unspecified atom stereocenters. The van der Waals surface area contributed by atoms with Crippen molar-refractivity contribution in [2.24, 2.45) is 7.05 Å². The highest BCUT2D eigenvalue weighted by atomic mass is 35.5. The third kappa shape index (κ3) is 4.86. The fraction of sp³-hybridized carbons (Fsp3) is 0.278. The standard InChI is InChI=1S/C18H19Cl2N3O3/c1-10-17(11(2)23(4)22-10)21-18(25)12(3)26-16(24)8-6-13-5-7-14(19)9-15(13)20/h5-9,12H,1-4H3,(H,21,25)/b8-6+/t12-/m0/s1. The van der Waals surface area contributed by atoms with Gasteiger partial charge in [0.15, 0.2) is 6.10 Å². The fourth-order valence-electron chi connectivity index (χ4n) is 2.24. The summed E-state index contributed by atoms with van der Waals surface area (Å²) in [5.74, 6) is -1.09.